The largest absolute Gasteiger partial charge is 0.328 e. The van der Waals surface area contributed by atoms with Gasteiger partial charge in [-0.2, -0.15) is 0 Å². The lowest BCUT2D eigenvalue weighted by molar-refractivity contribution is 0.737. The molecule has 0 fully saturated rings. The molecule has 0 aromatic carbocycles. The van der Waals surface area contributed by atoms with Gasteiger partial charge < -0.3 is 5.73 Å². The molecule has 0 amide bonds. The predicted octanol–water partition coefficient (Wildman–Crippen LogP) is 0.971. The Morgan fingerprint density at radius 1 is 1.50 bits per heavy atom. The summed E-state index contributed by atoms with van der Waals surface area (Å²) in [5, 5.41) is 0. The molecule has 54 valence electrons. The van der Waals surface area contributed by atoms with E-state index in [1.807, 2.05) is 19.1 Å². The van der Waals surface area contributed by atoms with Crippen LogP contribution in [0.2, 0.25) is 0 Å². The van der Waals surface area contributed by atoms with Gasteiger partial charge in [-0.3, -0.25) is 4.98 Å². The number of hydrogen-bond acceptors (Lipinski definition) is 2. The molecule has 0 saturated heterocycles. The highest BCUT2D eigenvalue weighted by Crippen LogP contribution is 1.98. The molecule has 0 saturated carbocycles. The Bertz CT molecular complexity index is 182. The Labute approximate surface area is 61.1 Å². The molecule has 0 radical (unpaired) electrons. The average molecular weight is 136 g/mol. The minimum Gasteiger partial charge on any atom is -0.328 e. The Hall–Kier alpha value is -0.890. The van der Waals surface area contributed by atoms with Gasteiger partial charge >= 0.3 is 0 Å². The van der Waals surface area contributed by atoms with Crippen LogP contribution < -0.4 is 5.73 Å². The maximum Gasteiger partial charge on any atom is 0.0270 e. The molecule has 0 bridgehead atoms. The third-order valence-corrected chi connectivity index (χ3v) is 1.31. The van der Waals surface area contributed by atoms with Crippen molar-refractivity contribution in [2.45, 2.75) is 19.4 Å². The number of hydrogen-bond donors (Lipinski definition) is 1. The van der Waals surface area contributed by atoms with Gasteiger partial charge in [0.2, 0.25) is 0 Å². The van der Waals surface area contributed by atoms with Crippen molar-refractivity contribution >= 4 is 0 Å². The van der Waals surface area contributed by atoms with Crippen LogP contribution in [0, 0.1) is 0 Å². The fourth-order valence-corrected chi connectivity index (χ4v) is 0.891. The fourth-order valence-electron chi connectivity index (χ4n) is 0.891. The van der Waals surface area contributed by atoms with E-state index in [9.17, 15) is 0 Å². The van der Waals surface area contributed by atoms with Crippen LogP contribution >= 0.6 is 0 Å². The van der Waals surface area contributed by atoms with E-state index in [2.05, 4.69) is 4.98 Å². The maximum absolute atomic E-state index is 5.60. The molecule has 2 heteroatoms. The molecule has 0 spiro atoms. The third-order valence-electron chi connectivity index (χ3n) is 1.31. The molecule has 0 aliphatic rings. The lowest BCUT2D eigenvalue weighted by Gasteiger charge is -2.02. The molecule has 1 atom stereocenters. The van der Waals surface area contributed by atoms with Gasteiger partial charge in [0.25, 0.3) is 0 Å². The van der Waals surface area contributed by atoms with E-state index < -0.39 is 0 Å². The van der Waals surface area contributed by atoms with Gasteiger partial charge in [-0.1, -0.05) is 0 Å². The number of rotatable bonds is 2. The van der Waals surface area contributed by atoms with Gasteiger partial charge in [0.05, 0.1) is 0 Å². The highest BCUT2D eigenvalue weighted by atomic mass is 14.6. The minimum absolute atomic E-state index is 0.238. The van der Waals surface area contributed by atoms with E-state index >= 15 is 0 Å². The normalized spacial score (nSPS) is 13.0. The van der Waals surface area contributed by atoms with Crippen molar-refractivity contribution < 1.29 is 0 Å². The molecule has 10 heavy (non-hydrogen) atoms. The van der Waals surface area contributed by atoms with Crippen molar-refractivity contribution in [2.75, 3.05) is 0 Å². The van der Waals surface area contributed by atoms with Gasteiger partial charge in [0.1, 0.15) is 0 Å². The smallest absolute Gasteiger partial charge is 0.0270 e. The first kappa shape index (κ1) is 7.22. The summed E-state index contributed by atoms with van der Waals surface area (Å²) in [6.07, 6.45) is 4.51. The van der Waals surface area contributed by atoms with Crippen LogP contribution in [0.5, 0.6) is 0 Å². The van der Waals surface area contributed by atoms with Gasteiger partial charge in [-0.25, -0.2) is 0 Å². The van der Waals surface area contributed by atoms with Crippen molar-refractivity contribution in [3.8, 4) is 0 Å². The molecule has 1 aromatic rings. The SMILES string of the molecule is C[C@H](N)Cc1ccncc1. The van der Waals surface area contributed by atoms with Crippen LogP contribution in [0.25, 0.3) is 0 Å². The molecule has 1 rings (SSSR count). The highest BCUT2D eigenvalue weighted by molar-refractivity contribution is 5.10. The number of pyridine rings is 1. The van der Waals surface area contributed by atoms with Crippen LogP contribution in [0.15, 0.2) is 24.5 Å². The number of aromatic nitrogens is 1. The minimum atomic E-state index is 0.238. The second-order valence-electron chi connectivity index (χ2n) is 2.54. The topological polar surface area (TPSA) is 38.9 Å². The number of nitrogens with two attached hydrogens (primary N) is 1. The van der Waals surface area contributed by atoms with Crippen LogP contribution in [-0.2, 0) is 6.42 Å². The first-order valence-corrected chi connectivity index (χ1v) is 3.43. The standard InChI is InChI=1S/C8H12N2/c1-7(9)6-8-2-4-10-5-3-8/h2-5,7H,6,9H2,1H3/t7-/m0/s1. The average Bonchev–Trinajstić information content (AvgIpc) is 1.88. The second-order valence-corrected chi connectivity index (χ2v) is 2.54. The first-order valence-electron chi connectivity index (χ1n) is 3.43. The van der Waals surface area contributed by atoms with E-state index in [1.54, 1.807) is 12.4 Å². The molecule has 0 aliphatic heterocycles. The first-order chi connectivity index (χ1) is 4.79. The van der Waals surface area contributed by atoms with Crippen molar-refractivity contribution in [3.05, 3.63) is 30.1 Å². The summed E-state index contributed by atoms with van der Waals surface area (Å²) < 4.78 is 0. The summed E-state index contributed by atoms with van der Waals surface area (Å²) in [5.41, 5.74) is 6.86. The van der Waals surface area contributed by atoms with Crippen LogP contribution in [0.1, 0.15) is 12.5 Å². The van der Waals surface area contributed by atoms with Gasteiger partial charge in [0, 0.05) is 18.4 Å². The van der Waals surface area contributed by atoms with Crippen molar-refractivity contribution in [1.82, 2.24) is 4.98 Å². The Balaban J connectivity index is 2.59. The Kier molecular flexibility index (Phi) is 2.40. The summed E-state index contributed by atoms with van der Waals surface area (Å²) in [4.78, 5) is 3.91. The zero-order valence-corrected chi connectivity index (χ0v) is 6.12. The summed E-state index contributed by atoms with van der Waals surface area (Å²) in [5.74, 6) is 0. The zero-order chi connectivity index (χ0) is 7.40. The van der Waals surface area contributed by atoms with E-state index in [0.717, 1.165) is 6.42 Å². The third kappa shape index (κ3) is 2.15. The monoisotopic (exact) mass is 136 g/mol. The summed E-state index contributed by atoms with van der Waals surface area (Å²) in [7, 11) is 0. The van der Waals surface area contributed by atoms with E-state index in [-0.39, 0.29) is 6.04 Å². The molecule has 2 N–H and O–H groups in total. The van der Waals surface area contributed by atoms with Crippen molar-refractivity contribution in [3.63, 3.8) is 0 Å². The molecule has 0 unspecified atom stereocenters. The lowest BCUT2D eigenvalue weighted by Crippen LogP contribution is -2.17. The lowest BCUT2D eigenvalue weighted by atomic mass is 10.1. The van der Waals surface area contributed by atoms with E-state index in [4.69, 9.17) is 5.73 Å². The molecule has 2 nitrogen and oxygen atoms in total. The van der Waals surface area contributed by atoms with Crippen LogP contribution in [-0.4, -0.2) is 11.0 Å². The second kappa shape index (κ2) is 3.32. The van der Waals surface area contributed by atoms with Crippen LogP contribution in [0.4, 0.5) is 0 Å². The molecular weight excluding hydrogens is 124 g/mol. The van der Waals surface area contributed by atoms with Gasteiger partial charge in [-0.15, -0.1) is 0 Å². The molecule has 1 aromatic heterocycles. The highest BCUT2D eigenvalue weighted by Gasteiger charge is 1.94. The predicted molar refractivity (Wildman–Crippen MR) is 41.6 cm³/mol. The van der Waals surface area contributed by atoms with Crippen LogP contribution in [0.3, 0.4) is 0 Å². The summed E-state index contributed by atoms with van der Waals surface area (Å²) in [6.45, 7) is 2.00. The summed E-state index contributed by atoms with van der Waals surface area (Å²) >= 11 is 0. The molecule has 1 heterocycles. The van der Waals surface area contributed by atoms with Crippen molar-refractivity contribution in [1.29, 1.82) is 0 Å². The number of nitrogens with zero attached hydrogens (tertiary/aromatic N) is 1. The fraction of sp³-hybridized carbons (Fsp3) is 0.375. The molecular formula is C8H12N2. The van der Waals surface area contributed by atoms with Gasteiger partial charge in [-0.05, 0) is 31.0 Å². The van der Waals surface area contributed by atoms with E-state index in [0.29, 0.717) is 0 Å². The maximum atomic E-state index is 5.60. The van der Waals surface area contributed by atoms with Crippen molar-refractivity contribution in [2.24, 2.45) is 5.73 Å². The van der Waals surface area contributed by atoms with E-state index in [1.165, 1.54) is 5.56 Å². The zero-order valence-electron chi connectivity index (χ0n) is 6.12. The molecule has 0 aliphatic carbocycles. The summed E-state index contributed by atoms with van der Waals surface area (Å²) in [6, 6.07) is 4.22. The quantitative estimate of drug-likeness (QED) is 0.658. The Morgan fingerprint density at radius 2 is 2.10 bits per heavy atom. The Morgan fingerprint density at radius 3 is 2.60 bits per heavy atom. The van der Waals surface area contributed by atoms with Gasteiger partial charge in [0.15, 0.2) is 0 Å².